The number of hydrogen-bond donors (Lipinski definition) is 2. The van der Waals surface area contributed by atoms with Gasteiger partial charge < -0.3 is 11.1 Å². The molecule has 24 heavy (non-hydrogen) atoms. The lowest BCUT2D eigenvalue weighted by Gasteiger charge is -2.16. The highest BCUT2D eigenvalue weighted by Gasteiger charge is 2.12. The summed E-state index contributed by atoms with van der Waals surface area (Å²) in [6, 6.07) is 6.43. The lowest BCUT2D eigenvalue weighted by Crippen LogP contribution is -2.39. The van der Waals surface area contributed by atoms with E-state index in [-0.39, 0.29) is 24.0 Å². The third-order valence-electron chi connectivity index (χ3n) is 4.43. The van der Waals surface area contributed by atoms with Crippen molar-refractivity contribution in [2.24, 2.45) is 10.7 Å². The normalized spacial score (nSPS) is 16.6. The molecule has 0 saturated heterocycles. The van der Waals surface area contributed by atoms with Crippen molar-refractivity contribution in [3.63, 3.8) is 0 Å². The van der Waals surface area contributed by atoms with Crippen LogP contribution in [0.25, 0.3) is 5.65 Å². The molecular formula is C17H27IN6. The maximum absolute atomic E-state index is 6.01. The summed E-state index contributed by atoms with van der Waals surface area (Å²) in [5.74, 6) is 1.56. The highest BCUT2D eigenvalue weighted by molar-refractivity contribution is 14.0. The topological polar surface area (TPSA) is 80.6 Å². The Morgan fingerprint density at radius 1 is 1.21 bits per heavy atom. The molecule has 132 valence electrons. The van der Waals surface area contributed by atoms with Gasteiger partial charge in [0.05, 0.1) is 0 Å². The SMILES string of the molecule is I.NC(=NCCCc1nnc2ccccn12)NC1CCCCCC1. The van der Waals surface area contributed by atoms with Crippen molar-refractivity contribution < 1.29 is 0 Å². The number of nitrogens with one attached hydrogen (secondary N) is 1. The van der Waals surface area contributed by atoms with Crippen molar-refractivity contribution in [2.75, 3.05) is 6.54 Å². The molecule has 1 aliphatic carbocycles. The second-order valence-corrected chi connectivity index (χ2v) is 6.25. The first kappa shape index (κ1) is 19.0. The second-order valence-electron chi connectivity index (χ2n) is 6.25. The molecule has 0 unspecified atom stereocenters. The van der Waals surface area contributed by atoms with Crippen LogP contribution in [-0.2, 0) is 6.42 Å². The Morgan fingerprint density at radius 2 is 2.00 bits per heavy atom. The summed E-state index contributed by atoms with van der Waals surface area (Å²) in [6.07, 6.45) is 11.5. The standard InChI is InChI=1S/C17H26N6.HI/c18-17(20-14-8-3-1-2-4-9-14)19-12-7-11-16-22-21-15-10-5-6-13-23(15)16;/h5-6,10,13-14H,1-4,7-9,11-12H2,(H3,18,19,20);1H. The Balaban J connectivity index is 0.00000208. The number of rotatable bonds is 5. The molecule has 6 nitrogen and oxygen atoms in total. The Kier molecular flexibility index (Phi) is 7.74. The number of pyridine rings is 1. The van der Waals surface area contributed by atoms with Crippen molar-refractivity contribution in [1.29, 1.82) is 0 Å². The van der Waals surface area contributed by atoms with Gasteiger partial charge in [-0.2, -0.15) is 0 Å². The molecule has 0 bridgehead atoms. The van der Waals surface area contributed by atoms with Gasteiger partial charge in [0.2, 0.25) is 0 Å². The molecule has 0 amide bonds. The first-order valence-corrected chi connectivity index (χ1v) is 8.68. The van der Waals surface area contributed by atoms with E-state index in [0.717, 1.165) is 24.3 Å². The zero-order valence-corrected chi connectivity index (χ0v) is 16.4. The van der Waals surface area contributed by atoms with Crippen LogP contribution < -0.4 is 11.1 Å². The predicted octanol–water partition coefficient (Wildman–Crippen LogP) is 2.91. The Labute approximate surface area is 160 Å². The van der Waals surface area contributed by atoms with Crippen LogP contribution in [0, 0.1) is 0 Å². The van der Waals surface area contributed by atoms with Gasteiger partial charge in [0.1, 0.15) is 5.82 Å². The highest BCUT2D eigenvalue weighted by atomic mass is 127. The summed E-state index contributed by atoms with van der Waals surface area (Å²) in [4.78, 5) is 4.45. The molecule has 0 aliphatic heterocycles. The smallest absolute Gasteiger partial charge is 0.188 e. The van der Waals surface area contributed by atoms with Gasteiger partial charge in [-0.1, -0.05) is 31.7 Å². The molecule has 0 aromatic carbocycles. The van der Waals surface area contributed by atoms with Crippen LogP contribution in [0.2, 0.25) is 0 Å². The van der Waals surface area contributed by atoms with Crippen LogP contribution in [0.4, 0.5) is 0 Å². The molecule has 1 aliphatic rings. The average molecular weight is 442 g/mol. The summed E-state index contributed by atoms with van der Waals surface area (Å²) >= 11 is 0. The van der Waals surface area contributed by atoms with Crippen LogP contribution in [0.1, 0.15) is 50.8 Å². The third-order valence-corrected chi connectivity index (χ3v) is 4.43. The van der Waals surface area contributed by atoms with Crippen LogP contribution in [0.5, 0.6) is 0 Å². The fourth-order valence-corrected chi connectivity index (χ4v) is 3.18. The summed E-state index contributed by atoms with van der Waals surface area (Å²) in [5, 5.41) is 11.8. The fourth-order valence-electron chi connectivity index (χ4n) is 3.18. The summed E-state index contributed by atoms with van der Waals surface area (Å²) in [7, 11) is 0. The molecular weight excluding hydrogens is 415 g/mol. The monoisotopic (exact) mass is 442 g/mol. The van der Waals surface area contributed by atoms with Crippen LogP contribution in [0.3, 0.4) is 0 Å². The number of guanidine groups is 1. The Bertz CT molecular complexity index is 645. The van der Waals surface area contributed by atoms with Crippen LogP contribution in [-0.4, -0.2) is 33.1 Å². The number of nitrogens with zero attached hydrogens (tertiary/aromatic N) is 4. The maximum Gasteiger partial charge on any atom is 0.188 e. The zero-order valence-electron chi connectivity index (χ0n) is 14.0. The molecule has 3 rings (SSSR count). The molecule has 1 fully saturated rings. The molecule has 7 heteroatoms. The van der Waals surface area contributed by atoms with Gasteiger partial charge in [0.25, 0.3) is 0 Å². The van der Waals surface area contributed by atoms with E-state index in [1.807, 2.05) is 28.8 Å². The fraction of sp³-hybridized carbons (Fsp3) is 0.588. The first-order valence-electron chi connectivity index (χ1n) is 8.68. The largest absolute Gasteiger partial charge is 0.370 e. The third kappa shape index (κ3) is 5.32. The molecule has 1 saturated carbocycles. The van der Waals surface area contributed by atoms with E-state index in [2.05, 4.69) is 20.5 Å². The zero-order chi connectivity index (χ0) is 15.9. The van der Waals surface area contributed by atoms with E-state index in [1.54, 1.807) is 0 Å². The maximum atomic E-state index is 6.01. The van der Waals surface area contributed by atoms with Crippen molar-refractivity contribution in [2.45, 2.75) is 57.4 Å². The van der Waals surface area contributed by atoms with E-state index in [1.165, 1.54) is 38.5 Å². The number of aromatic nitrogens is 3. The van der Waals surface area contributed by atoms with Gasteiger partial charge in [-0.25, -0.2) is 0 Å². The number of halogens is 1. The van der Waals surface area contributed by atoms with Crippen LogP contribution in [0.15, 0.2) is 29.4 Å². The summed E-state index contributed by atoms with van der Waals surface area (Å²) in [5.41, 5.74) is 6.90. The van der Waals surface area contributed by atoms with Gasteiger partial charge in [0, 0.05) is 25.2 Å². The van der Waals surface area contributed by atoms with E-state index in [4.69, 9.17) is 5.73 Å². The Morgan fingerprint density at radius 3 is 2.79 bits per heavy atom. The lowest BCUT2D eigenvalue weighted by atomic mass is 10.1. The molecule has 0 atom stereocenters. The van der Waals surface area contributed by atoms with Gasteiger partial charge in [-0.3, -0.25) is 9.39 Å². The van der Waals surface area contributed by atoms with Crippen molar-refractivity contribution in [3.8, 4) is 0 Å². The van der Waals surface area contributed by atoms with Crippen molar-refractivity contribution in [1.82, 2.24) is 19.9 Å². The molecule has 2 heterocycles. The van der Waals surface area contributed by atoms with E-state index in [0.29, 0.717) is 18.5 Å². The van der Waals surface area contributed by atoms with Crippen molar-refractivity contribution in [3.05, 3.63) is 30.2 Å². The molecule has 2 aromatic heterocycles. The Hall–Kier alpha value is -1.38. The van der Waals surface area contributed by atoms with E-state index < -0.39 is 0 Å². The minimum absolute atomic E-state index is 0. The molecule has 0 spiro atoms. The summed E-state index contributed by atoms with van der Waals surface area (Å²) < 4.78 is 2.02. The quantitative estimate of drug-likeness (QED) is 0.245. The number of hydrogen-bond acceptors (Lipinski definition) is 3. The summed E-state index contributed by atoms with van der Waals surface area (Å²) in [6.45, 7) is 0.716. The van der Waals surface area contributed by atoms with Crippen LogP contribution >= 0.6 is 24.0 Å². The highest BCUT2D eigenvalue weighted by Crippen LogP contribution is 2.16. The molecule has 2 aromatic rings. The molecule has 3 N–H and O–H groups in total. The minimum atomic E-state index is 0. The second kappa shape index (κ2) is 9.80. The predicted molar refractivity (Wildman–Crippen MR) is 108 cm³/mol. The lowest BCUT2D eigenvalue weighted by molar-refractivity contribution is 0.530. The van der Waals surface area contributed by atoms with Gasteiger partial charge in [-0.15, -0.1) is 34.2 Å². The molecule has 0 radical (unpaired) electrons. The number of fused-ring (bicyclic) bond motifs is 1. The first-order chi connectivity index (χ1) is 11.3. The van der Waals surface area contributed by atoms with Crippen molar-refractivity contribution >= 4 is 35.6 Å². The van der Waals surface area contributed by atoms with Gasteiger partial charge in [-0.05, 0) is 31.4 Å². The van der Waals surface area contributed by atoms with E-state index >= 15 is 0 Å². The minimum Gasteiger partial charge on any atom is -0.370 e. The number of nitrogens with two attached hydrogens (primary N) is 1. The van der Waals surface area contributed by atoms with E-state index in [9.17, 15) is 0 Å². The average Bonchev–Trinajstić information content (AvgIpc) is 2.80. The van der Waals surface area contributed by atoms with Gasteiger partial charge >= 0.3 is 0 Å². The number of aryl methyl sites for hydroxylation is 1. The van der Waals surface area contributed by atoms with Gasteiger partial charge in [0.15, 0.2) is 11.6 Å². The number of aliphatic imine (C=N–C) groups is 1.